The third-order valence-corrected chi connectivity index (χ3v) is 3.06. The SMILES string of the molecule is O=C1NCCC1CCN1CCOCC1. The number of carbonyl (C=O) groups excluding carboxylic acids is 1. The minimum Gasteiger partial charge on any atom is -0.379 e. The molecule has 0 saturated carbocycles. The molecule has 0 spiro atoms. The lowest BCUT2D eigenvalue weighted by atomic mass is 10.0. The Hall–Kier alpha value is -0.610. The summed E-state index contributed by atoms with van der Waals surface area (Å²) in [6.45, 7) is 5.64. The van der Waals surface area contributed by atoms with Crippen molar-refractivity contribution < 1.29 is 9.53 Å². The molecule has 2 heterocycles. The summed E-state index contributed by atoms with van der Waals surface area (Å²) in [4.78, 5) is 13.7. The fourth-order valence-electron chi connectivity index (χ4n) is 2.08. The van der Waals surface area contributed by atoms with Crippen LogP contribution < -0.4 is 5.32 Å². The Bertz CT molecular complexity index is 202. The lowest BCUT2D eigenvalue weighted by Gasteiger charge is -2.27. The van der Waals surface area contributed by atoms with Crippen molar-refractivity contribution in [3.05, 3.63) is 0 Å². The highest BCUT2D eigenvalue weighted by Gasteiger charge is 2.24. The van der Waals surface area contributed by atoms with Crippen LogP contribution in [0.15, 0.2) is 0 Å². The minimum absolute atomic E-state index is 0.248. The summed E-state index contributed by atoms with van der Waals surface area (Å²) < 4.78 is 5.27. The Morgan fingerprint density at radius 1 is 1.43 bits per heavy atom. The maximum atomic E-state index is 11.3. The number of ether oxygens (including phenoxy) is 1. The monoisotopic (exact) mass is 198 g/mol. The maximum Gasteiger partial charge on any atom is 0.223 e. The van der Waals surface area contributed by atoms with Gasteiger partial charge in [-0.05, 0) is 19.4 Å². The Kier molecular flexibility index (Phi) is 3.37. The summed E-state index contributed by atoms with van der Waals surface area (Å²) in [5.41, 5.74) is 0. The molecule has 80 valence electrons. The highest BCUT2D eigenvalue weighted by molar-refractivity contribution is 5.80. The van der Waals surface area contributed by atoms with Crippen molar-refractivity contribution in [3.8, 4) is 0 Å². The molecule has 1 amide bonds. The predicted molar refractivity (Wildman–Crippen MR) is 53.0 cm³/mol. The Labute approximate surface area is 84.6 Å². The van der Waals surface area contributed by atoms with Gasteiger partial charge in [-0.15, -0.1) is 0 Å². The van der Waals surface area contributed by atoms with E-state index in [1.54, 1.807) is 0 Å². The molecule has 2 aliphatic heterocycles. The molecule has 1 atom stereocenters. The smallest absolute Gasteiger partial charge is 0.223 e. The number of amides is 1. The maximum absolute atomic E-state index is 11.3. The fourth-order valence-corrected chi connectivity index (χ4v) is 2.08. The second kappa shape index (κ2) is 4.75. The van der Waals surface area contributed by atoms with Crippen LogP contribution >= 0.6 is 0 Å². The van der Waals surface area contributed by atoms with Crippen LogP contribution in [0.3, 0.4) is 0 Å². The van der Waals surface area contributed by atoms with E-state index in [9.17, 15) is 4.79 Å². The summed E-state index contributed by atoms with van der Waals surface area (Å²) in [5.74, 6) is 0.510. The Morgan fingerprint density at radius 2 is 2.21 bits per heavy atom. The number of hydrogen-bond acceptors (Lipinski definition) is 3. The number of carbonyl (C=O) groups is 1. The van der Waals surface area contributed by atoms with E-state index in [2.05, 4.69) is 10.2 Å². The molecule has 2 fully saturated rings. The van der Waals surface area contributed by atoms with E-state index < -0.39 is 0 Å². The molecule has 2 aliphatic rings. The number of rotatable bonds is 3. The number of nitrogens with one attached hydrogen (secondary N) is 1. The van der Waals surface area contributed by atoms with Gasteiger partial charge in [0, 0.05) is 25.6 Å². The van der Waals surface area contributed by atoms with E-state index in [4.69, 9.17) is 4.74 Å². The molecule has 2 saturated heterocycles. The van der Waals surface area contributed by atoms with Crippen molar-refractivity contribution in [2.75, 3.05) is 39.4 Å². The van der Waals surface area contributed by atoms with Gasteiger partial charge in [0.05, 0.1) is 13.2 Å². The van der Waals surface area contributed by atoms with Crippen LogP contribution in [-0.4, -0.2) is 50.2 Å². The van der Waals surface area contributed by atoms with Crippen LogP contribution in [0.25, 0.3) is 0 Å². The third kappa shape index (κ3) is 2.45. The predicted octanol–water partition coefficient (Wildman–Crippen LogP) is -0.155. The van der Waals surface area contributed by atoms with Gasteiger partial charge in [0.15, 0.2) is 0 Å². The van der Waals surface area contributed by atoms with E-state index in [0.717, 1.165) is 52.2 Å². The average molecular weight is 198 g/mol. The number of nitrogens with zero attached hydrogens (tertiary/aromatic N) is 1. The van der Waals surface area contributed by atoms with Crippen LogP contribution in [-0.2, 0) is 9.53 Å². The van der Waals surface area contributed by atoms with E-state index >= 15 is 0 Å². The van der Waals surface area contributed by atoms with Crippen molar-refractivity contribution in [1.29, 1.82) is 0 Å². The summed E-state index contributed by atoms with van der Waals surface area (Å²) in [6.07, 6.45) is 2.02. The standard InChI is InChI=1S/C10H18N2O2/c13-10-9(1-3-11-10)2-4-12-5-7-14-8-6-12/h9H,1-8H2,(H,11,13). The molecule has 4 heteroatoms. The van der Waals surface area contributed by atoms with Crippen LogP contribution in [0.2, 0.25) is 0 Å². The minimum atomic E-state index is 0.248. The molecule has 1 N–H and O–H groups in total. The molecule has 0 aliphatic carbocycles. The van der Waals surface area contributed by atoms with Gasteiger partial charge >= 0.3 is 0 Å². The molecule has 0 aromatic rings. The van der Waals surface area contributed by atoms with Crippen molar-refractivity contribution >= 4 is 5.91 Å². The van der Waals surface area contributed by atoms with Gasteiger partial charge in [-0.2, -0.15) is 0 Å². The first-order valence-electron chi connectivity index (χ1n) is 5.44. The van der Waals surface area contributed by atoms with Gasteiger partial charge in [0.25, 0.3) is 0 Å². The van der Waals surface area contributed by atoms with E-state index in [1.807, 2.05) is 0 Å². The largest absolute Gasteiger partial charge is 0.379 e. The quantitative estimate of drug-likeness (QED) is 0.685. The highest BCUT2D eigenvalue weighted by Crippen LogP contribution is 2.14. The first kappa shape index (κ1) is 9.93. The fraction of sp³-hybridized carbons (Fsp3) is 0.900. The number of hydrogen-bond donors (Lipinski definition) is 1. The zero-order chi connectivity index (χ0) is 9.80. The first-order chi connectivity index (χ1) is 6.86. The first-order valence-corrected chi connectivity index (χ1v) is 5.44. The molecule has 1 unspecified atom stereocenters. The van der Waals surface area contributed by atoms with Gasteiger partial charge in [-0.1, -0.05) is 0 Å². The second-order valence-corrected chi connectivity index (χ2v) is 4.02. The average Bonchev–Trinajstić information content (AvgIpc) is 2.63. The van der Waals surface area contributed by atoms with Crippen molar-refractivity contribution in [2.45, 2.75) is 12.8 Å². The second-order valence-electron chi connectivity index (χ2n) is 4.02. The lowest BCUT2D eigenvalue weighted by molar-refractivity contribution is -0.122. The van der Waals surface area contributed by atoms with Crippen LogP contribution in [0, 0.1) is 5.92 Å². The van der Waals surface area contributed by atoms with Crippen LogP contribution in [0.4, 0.5) is 0 Å². The lowest BCUT2D eigenvalue weighted by Crippen LogP contribution is -2.37. The molecule has 0 radical (unpaired) electrons. The molecule has 14 heavy (non-hydrogen) atoms. The van der Waals surface area contributed by atoms with Crippen molar-refractivity contribution in [1.82, 2.24) is 10.2 Å². The molecular formula is C10H18N2O2. The summed E-state index contributed by atoms with van der Waals surface area (Å²) in [5, 5.41) is 2.88. The Morgan fingerprint density at radius 3 is 2.86 bits per heavy atom. The van der Waals surface area contributed by atoms with Gasteiger partial charge in [0.1, 0.15) is 0 Å². The summed E-state index contributed by atoms with van der Waals surface area (Å²) in [7, 11) is 0. The van der Waals surface area contributed by atoms with E-state index in [-0.39, 0.29) is 11.8 Å². The van der Waals surface area contributed by atoms with Crippen LogP contribution in [0.1, 0.15) is 12.8 Å². The molecule has 0 bridgehead atoms. The van der Waals surface area contributed by atoms with Crippen molar-refractivity contribution in [2.24, 2.45) is 5.92 Å². The molecule has 4 nitrogen and oxygen atoms in total. The van der Waals surface area contributed by atoms with Gasteiger partial charge in [0.2, 0.25) is 5.91 Å². The van der Waals surface area contributed by atoms with Gasteiger partial charge < -0.3 is 10.1 Å². The molecule has 0 aromatic heterocycles. The van der Waals surface area contributed by atoms with E-state index in [0.29, 0.717) is 0 Å². The molecular weight excluding hydrogens is 180 g/mol. The van der Waals surface area contributed by atoms with E-state index in [1.165, 1.54) is 0 Å². The zero-order valence-corrected chi connectivity index (χ0v) is 8.50. The Balaban J connectivity index is 1.68. The highest BCUT2D eigenvalue weighted by atomic mass is 16.5. The molecule has 0 aromatic carbocycles. The van der Waals surface area contributed by atoms with Gasteiger partial charge in [-0.3, -0.25) is 9.69 Å². The zero-order valence-electron chi connectivity index (χ0n) is 8.50. The third-order valence-electron chi connectivity index (χ3n) is 3.06. The normalized spacial score (nSPS) is 29.1. The van der Waals surface area contributed by atoms with Gasteiger partial charge in [-0.25, -0.2) is 0 Å². The summed E-state index contributed by atoms with van der Waals surface area (Å²) in [6, 6.07) is 0. The van der Waals surface area contributed by atoms with Crippen LogP contribution in [0.5, 0.6) is 0 Å². The summed E-state index contributed by atoms with van der Waals surface area (Å²) >= 11 is 0. The molecule has 2 rings (SSSR count). The number of morpholine rings is 1. The van der Waals surface area contributed by atoms with Crippen molar-refractivity contribution in [3.63, 3.8) is 0 Å². The topological polar surface area (TPSA) is 41.6 Å².